The van der Waals surface area contributed by atoms with E-state index in [9.17, 15) is 14.9 Å². The van der Waals surface area contributed by atoms with Crippen LogP contribution in [-0.2, 0) is 4.79 Å². The number of para-hydroxylation sites is 4. The molecular weight excluding hydrogens is 360 g/mol. The molecule has 0 atom stereocenters. The highest BCUT2D eigenvalue weighted by molar-refractivity contribution is 5.93. The van der Waals surface area contributed by atoms with Crippen LogP contribution in [0, 0.1) is 17.0 Å². The van der Waals surface area contributed by atoms with Gasteiger partial charge in [0, 0.05) is 5.56 Å². The average Bonchev–Trinajstić information content (AvgIpc) is 2.68. The van der Waals surface area contributed by atoms with Crippen LogP contribution in [0.1, 0.15) is 5.56 Å². The first kappa shape index (κ1) is 18.9. The van der Waals surface area contributed by atoms with E-state index in [1.165, 1.54) is 6.07 Å². The Labute approximate surface area is 161 Å². The lowest BCUT2D eigenvalue weighted by Gasteiger charge is -2.13. The number of aryl methyl sites for hydroxylation is 1. The third-order valence-corrected chi connectivity index (χ3v) is 3.87. The number of nitro benzene ring substituents is 1. The van der Waals surface area contributed by atoms with Crippen LogP contribution in [0.15, 0.2) is 72.8 Å². The smallest absolute Gasteiger partial charge is 0.313 e. The number of nitro groups is 1. The molecule has 1 N–H and O–H groups in total. The van der Waals surface area contributed by atoms with Gasteiger partial charge in [0.05, 0.1) is 10.6 Å². The first-order valence-electron chi connectivity index (χ1n) is 8.53. The maximum atomic E-state index is 12.3. The Morgan fingerprint density at radius 1 is 0.964 bits per heavy atom. The molecule has 0 aliphatic carbocycles. The normalized spacial score (nSPS) is 10.2. The summed E-state index contributed by atoms with van der Waals surface area (Å²) in [5.41, 5.74) is 0.784. The minimum Gasteiger partial charge on any atom is -0.477 e. The predicted molar refractivity (Wildman–Crippen MR) is 105 cm³/mol. The zero-order valence-corrected chi connectivity index (χ0v) is 15.1. The molecule has 3 aromatic rings. The van der Waals surface area contributed by atoms with Gasteiger partial charge >= 0.3 is 5.69 Å². The summed E-state index contributed by atoms with van der Waals surface area (Å²) in [6.07, 6.45) is 0. The molecule has 0 heterocycles. The van der Waals surface area contributed by atoms with Gasteiger partial charge < -0.3 is 14.8 Å². The van der Waals surface area contributed by atoms with Gasteiger partial charge in [-0.05, 0) is 37.3 Å². The molecule has 0 fully saturated rings. The van der Waals surface area contributed by atoms with Gasteiger partial charge in [0.15, 0.2) is 18.1 Å². The highest BCUT2D eigenvalue weighted by Gasteiger charge is 2.19. The number of nitrogens with zero attached hydrogens (tertiary/aromatic N) is 1. The SMILES string of the molecule is Cc1cccc(OCC(=O)Nc2ccccc2Oc2ccccc2)c1[N+](=O)[O-]. The van der Waals surface area contributed by atoms with Crippen LogP contribution in [0.5, 0.6) is 17.2 Å². The van der Waals surface area contributed by atoms with Crippen molar-refractivity contribution in [2.45, 2.75) is 6.92 Å². The number of amides is 1. The van der Waals surface area contributed by atoms with Crippen molar-refractivity contribution in [1.82, 2.24) is 0 Å². The fourth-order valence-electron chi connectivity index (χ4n) is 2.59. The Morgan fingerprint density at radius 2 is 1.64 bits per heavy atom. The predicted octanol–water partition coefficient (Wildman–Crippen LogP) is 4.71. The molecule has 0 saturated carbocycles. The summed E-state index contributed by atoms with van der Waals surface area (Å²) in [4.78, 5) is 23.0. The molecule has 7 nitrogen and oxygen atoms in total. The van der Waals surface area contributed by atoms with Gasteiger partial charge in [-0.15, -0.1) is 0 Å². The summed E-state index contributed by atoms with van der Waals surface area (Å²) in [5.74, 6) is 0.702. The number of carbonyl (C=O) groups excluding carboxylic acids is 1. The van der Waals surface area contributed by atoms with Crippen LogP contribution in [0.4, 0.5) is 11.4 Å². The minimum atomic E-state index is -0.522. The van der Waals surface area contributed by atoms with E-state index in [0.29, 0.717) is 22.7 Å². The van der Waals surface area contributed by atoms with Gasteiger partial charge in [0.1, 0.15) is 5.75 Å². The summed E-state index contributed by atoms with van der Waals surface area (Å²) < 4.78 is 11.2. The monoisotopic (exact) mass is 378 g/mol. The first-order chi connectivity index (χ1) is 13.5. The Kier molecular flexibility index (Phi) is 5.86. The number of hydrogen-bond donors (Lipinski definition) is 1. The third kappa shape index (κ3) is 4.64. The molecule has 0 aliphatic rings. The van der Waals surface area contributed by atoms with E-state index in [1.807, 2.05) is 18.2 Å². The van der Waals surface area contributed by atoms with Gasteiger partial charge in [-0.1, -0.05) is 42.5 Å². The number of anilines is 1. The van der Waals surface area contributed by atoms with E-state index in [1.54, 1.807) is 55.5 Å². The van der Waals surface area contributed by atoms with E-state index in [-0.39, 0.29) is 18.0 Å². The largest absolute Gasteiger partial charge is 0.477 e. The summed E-state index contributed by atoms with van der Waals surface area (Å²) >= 11 is 0. The topological polar surface area (TPSA) is 90.7 Å². The summed E-state index contributed by atoms with van der Waals surface area (Å²) in [6.45, 7) is 1.24. The highest BCUT2D eigenvalue weighted by atomic mass is 16.6. The van der Waals surface area contributed by atoms with Crippen molar-refractivity contribution in [3.8, 4) is 17.2 Å². The Hall–Kier alpha value is -3.87. The van der Waals surface area contributed by atoms with Crippen molar-refractivity contribution in [1.29, 1.82) is 0 Å². The van der Waals surface area contributed by atoms with E-state index < -0.39 is 10.8 Å². The van der Waals surface area contributed by atoms with E-state index in [2.05, 4.69) is 5.32 Å². The molecule has 0 spiro atoms. The van der Waals surface area contributed by atoms with Gasteiger partial charge in [0.2, 0.25) is 0 Å². The molecule has 0 saturated heterocycles. The molecule has 0 aliphatic heterocycles. The van der Waals surface area contributed by atoms with Gasteiger partial charge in [-0.25, -0.2) is 0 Å². The standard InChI is InChI=1S/C21H18N2O5/c1-15-8-7-13-19(21(15)23(25)26)27-14-20(24)22-17-11-5-6-12-18(17)28-16-9-3-2-4-10-16/h2-13H,14H2,1H3,(H,22,24). The zero-order valence-electron chi connectivity index (χ0n) is 15.1. The second-order valence-electron chi connectivity index (χ2n) is 5.93. The lowest BCUT2D eigenvalue weighted by atomic mass is 10.2. The van der Waals surface area contributed by atoms with Crippen LogP contribution in [0.2, 0.25) is 0 Å². The Bertz CT molecular complexity index is 989. The summed E-state index contributed by atoms with van der Waals surface area (Å²) in [7, 11) is 0. The van der Waals surface area contributed by atoms with Crippen LogP contribution in [0.3, 0.4) is 0 Å². The zero-order chi connectivity index (χ0) is 19.9. The molecule has 7 heteroatoms. The Morgan fingerprint density at radius 3 is 2.39 bits per heavy atom. The van der Waals surface area contributed by atoms with Crippen molar-refractivity contribution in [2.75, 3.05) is 11.9 Å². The van der Waals surface area contributed by atoms with E-state index in [4.69, 9.17) is 9.47 Å². The van der Waals surface area contributed by atoms with Crippen LogP contribution >= 0.6 is 0 Å². The number of nitrogens with one attached hydrogen (secondary N) is 1. The highest BCUT2D eigenvalue weighted by Crippen LogP contribution is 2.31. The van der Waals surface area contributed by atoms with E-state index >= 15 is 0 Å². The first-order valence-corrected chi connectivity index (χ1v) is 8.53. The molecule has 3 rings (SSSR count). The van der Waals surface area contributed by atoms with E-state index in [0.717, 1.165) is 0 Å². The second-order valence-corrected chi connectivity index (χ2v) is 5.93. The quantitative estimate of drug-likeness (QED) is 0.475. The van der Waals surface area contributed by atoms with Crippen molar-refractivity contribution in [3.63, 3.8) is 0 Å². The summed E-state index contributed by atoms with van der Waals surface area (Å²) in [5, 5.41) is 13.9. The van der Waals surface area contributed by atoms with Crippen LogP contribution < -0.4 is 14.8 Å². The molecule has 0 unspecified atom stereocenters. The molecule has 3 aromatic carbocycles. The number of ether oxygens (including phenoxy) is 2. The van der Waals surface area contributed by atoms with Crippen molar-refractivity contribution < 1.29 is 19.2 Å². The second kappa shape index (κ2) is 8.68. The number of benzene rings is 3. The minimum absolute atomic E-state index is 0.0500. The fraction of sp³-hybridized carbons (Fsp3) is 0.0952. The molecule has 142 valence electrons. The maximum absolute atomic E-state index is 12.3. The average molecular weight is 378 g/mol. The number of carbonyl (C=O) groups is 1. The van der Waals surface area contributed by atoms with Crippen LogP contribution in [0.25, 0.3) is 0 Å². The molecule has 0 aromatic heterocycles. The fourth-order valence-corrected chi connectivity index (χ4v) is 2.59. The molecule has 1 amide bonds. The lowest BCUT2D eigenvalue weighted by molar-refractivity contribution is -0.386. The number of hydrogen-bond acceptors (Lipinski definition) is 5. The molecule has 0 bridgehead atoms. The van der Waals surface area contributed by atoms with Crippen molar-refractivity contribution in [2.24, 2.45) is 0 Å². The van der Waals surface area contributed by atoms with Crippen molar-refractivity contribution >= 4 is 17.3 Å². The van der Waals surface area contributed by atoms with Gasteiger partial charge in [-0.3, -0.25) is 14.9 Å². The number of rotatable bonds is 7. The van der Waals surface area contributed by atoms with Crippen molar-refractivity contribution in [3.05, 3.63) is 88.5 Å². The summed E-state index contributed by atoms with van der Waals surface area (Å²) in [6, 6.07) is 20.9. The van der Waals surface area contributed by atoms with Gasteiger partial charge in [0.25, 0.3) is 5.91 Å². The third-order valence-electron chi connectivity index (χ3n) is 3.87. The van der Waals surface area contributed by atoms with Gasteiger partial charge in [-0.2, -0.15) is 0 Å². The van der Waals surface area contributed by atoms with Crippen LogP contribution in [-0.4, -0.2) is 17.4 Å². The maximum Gasteiger partial charge on any atom is 0.313 e. The molecule has 28 heavy (non-hydrogen) atoms. The molecule has 0 radical (unpaired) electrons. The lowest BCUT2D eigenvalue weighted by Crippen LogP contribution is -2.20. The Balaban J connectivity index is 1.68. The molecular formula is C21H18N2O5.